The predicted octanol–water partition coefficient (Wildman–Crippen LogP) is 3.50. The van der Waals surface area contributed by atoms with Gasteiger partial charge in [0.05, 0.1) is 0 Å². The molecule has 0 aliphatic carbocycles. The number of hydrogen-bond donors (Lipinski definition) is 0. The number of halogens is 1. The Morgan fingerprint density at radius 3 is 2.59 bits per heavy atom. The van der Waals surface area contributed by atoms with Gasteiger partial charge in [-0.15, -0.1) is 34.0 Å². The molecule has 1 aromatic carbocycles. The largest absolute Gasteiger partial charge is 0.481 e. The van der Waals surface area contributed by atoms with Crippen LogP contribution in [-0.2, 0) is 39.3 Å². The first-order chi connectivity index (χ1) is 10.2. The van der Waals surface area contributed by atoms with Crippen molar-refractivity contribution in [2.75, 3.05) is 6.61 Å². The van der Waals surface area contributed by atoms with E-state index in [1.807, 2.05) is 31.2 Å². The van der Waals surface area contributed by atoms with E-state index in [2.05, 4.69) is 33.8 Å². The SMILES string of the molecule is CC#CCOc1ccc(-c2[c-]cc(Br)c(=O)n2CC)cc1.[Y]. The van der Waals surface area contributed by atoms with E-state index >= 15 is 0 Å². The van der Waals surface area contributed by atoms with Crippen molar-refractivity contribution in [3.8, 4) is 28.8 Å². The van der Waals surface area contributed by atoms with Gasteiger partial charge in [0.15, 0.2) is 0 Å². The Morgan fingerprint density at radius 2 is 2.00 bits per heavy atom. The van der Waals surface area contributed by atoms with Crippen molar-refractivity contribution < 1.29 is 37.4 Å². The fourth-order valence-corrected chi connectivity index (χ4v) is 2.27. The maximum absolute atomic E-state index is 12.1. The molecular weight excluding hydrogens is 419 g/mol. The third kappa shape index (κ3) is 4.55. The molecule has 0 aliphatic heterocycles. The van der Waals surface area contributed by atoms with E-state index in [0.717, 1.165) is 17.0 Å². The van der Waals surface area contributed by atoms with E-state index in [4.69, 9.17) is 4.74 Å². The molecule has 0 atom stereocenters. The van der Waals surface area contributed by atoms with Crippen LogP contribution in [0.5, 0.6) is 5.75 Å². The average molecular weight is 434 g/mol. The Morgan fingerprint density at radius 1 is 1.32 bits per heavy atom. The molecule has 22 heavy (non-hydrogen) atoms. The zero-order valence-electron chi connectivity index (χ0n) is 12.5. The molecule has 0 saturated carbocycles. The van der Waals surface area contributed by atoms with Crippen molar-refractivity contribution in [1.82, 2.24) is 4.57 Å². The van der Waals surface area contributed by atoms with Gasteiger partial charge >= 0.3 is 0 Å². The maximum Gasteiger partial charge on any atom is 0.208 e. The summed E-state index contributed by atoms with van der Waals surface area (Å²) in [6, 6.07) is 12.4. The molecule has 1 aromatic heterocycles. The van der Waals surface area contributed by atoms with E-state index in [1.54, 1.807) is 17.6 Å². The molecule has 111 valence electrons. The van der Waals surface area contributed by atoms with E-state index in [1.165, 1.54) is 0 Å². The van der Waals surface area contributed by atoms with Gasteiger partial charge in [0, 0.05) is 39.3 Å². The van der Waals surface area contributed by atoms with Crippen molar-refractivity contribution in [2.24, 2.45) is 0 Å². The molecule has 5 heteroatoms. The molecule has 1 heterocycles. The fraction of sp³-hybridized carbons (Fsp3) is 0.235. The molecule has 3 nitrogen and oxygen atoms in total. The van der Waals surface area contributed by atoms with Crippen LogP contribution in [0.25, 0.3) is 11.3 Å². The molecule has 0 spiro atoms. The standard InChI is InChI=1S/C17H15BrNO2.Y/c1-3-5-12-21-14-8-6-13(7-9-14)16-11-10-15(18)17(20)19(16)4-2;/h6-10H,4,12H2,1-2H3;/q-1;. The summed E-state index contributed by atoms with van der Waals surface area (Å²) in [7, 11) is 0. The molecule has 0 N–H and O–H groups in total. The van der Waals surface area contributed by atoms with Crippen LogP contribution in [0.3, 0.4) is 0 Å². The number of ether oxygens (including phenoxy) is 1. The molecule has 1 radical (unpaired) electrons. The van der Waals surface area contributed by atoms with Crippen LogP contribution >= 0.6 is 15.9 Å². The summed E-state index contributed by atoms with van der Waals surface area (Å²) in [5.74, 6) is 6.38. The molecule has 0 unspecified atom stereocenters. The topological polar surface area (TPSA) is 31.2 Å². The summed E-state index contributed by atoms with van der Waals surface area (Å²) in [5, 5.41) is 0. The molecule has 0 bridgehead atoms. The minimum Gasteiger partial charge on any atom is -0.481 e. The average Bonchev–Trinajstić information content (AvgIpc) is 2.51. The van der Waals surface area contributed by atoms with Gasteiger partial charge in [0.2, 0.25) is 5.56 Å². The quantitative estimate of drug-likeness (QED) is 0.545. The van der Waals surface area contributed by atoms with E-state index in [9.17, 15) is 4.79 Å². The van der Waals surface area contributed by atoms with Crippen LogP contribution in [0.2, 0.25) is 0 Å². The molecule has 0 saturated heterocycles. The Kier molecular flexibility index (Phi) is 8.10. The number of aromatic nitrogens is 1. The zero-order valence-corrected chi connectivity index (χ0v) is 16.9. The molecular formula is C17H15BrNO2Y-. The molecule has 0 aliphatic rings. The number of pyridine rings is 1. The number of rotatable bonds is 4. The van der Waals surface area contributed by atoms with Gasteiger partial charge in [-0.2, -0.15) is 12.1 Å². The van der Waals surface area contributed by atoms with Crippen molar-refractivity contribution >= 4 is 15.9 Å². The van der Waals surface area contributed by atoms with E-state index in [-0.39, 0.29) is 38.3 Å². The summed E-state index contributed by atoms with van der Waals surface area (Å²) in [6.45, 7) is 4.68. The van der Waals surface area contributed by atoms with Crippen LogP contribution in [0.4, 0.5) is 0 Å². The van der Waals surface area contributed by atoms with E-state index in [0.29, 0.717) is 17.6 Å². The first-order valence-corrected chi connectivity index (χ1v) is 7.40. The van der Waals surface area contributed by atoms with Gasteiger partial charge in [-0.3, -0.25) is 4.79 Å². The summed E-state index contributed by atoms with van der Waals surface area (Å²) in [6.07, 6.45) is 0. The van der Waals surface area contributed by atoms with Crippen LogP contribution in [0, 0.1) is 17.9 Å². The number of benzene rings is 1. The number of nitrogens with zero attached hydrogens (tertiary/aromatic N) is 1. The minimum atomic E-state index is -0.0511. The Labute approximate surface area is 164 Å². The van der Waals surface area contributed by atoms with Crippen LogP contribution in [0.15, 0.2) is 39.6 Å². The van der Waals surface area contributed by atoms with Gasteiger partial charge in [0.1, 0.15) is 12.4 Å². The number of hydrogen-bond acceptors (Lipinski definition) is 2. The zero-order chi connectivity index (χ0) is 15.2. The molecule has 0 fully saturated rings. The van der Waals surface area contributed by atoms with Gasteiger partial charge in [-0.05, 0) is 30.5 Å². The normalized spacial score (nSPS) is 9.41. The second-order valence-electron chi connectivity index (χ2n) is 4.27. The Hall–Kier alpha value is -0.886. The molecule has 0 amide bonds. The van der Waals surface area contributed by atoms with Crippen LogP contribution < -0.4 is 10.3 Å². The van der Waals surface area contributed by atoms with Gasteiger partial charge in [0.25, 0.3) is 0 Å². The van der Waals surface area contributed by atoms with E-state index < -0.39 is 0 Å². The first-order valence-electron chi connectivity index (χ1n) is 6.61. The predicted molar refractivity (Wildman–Crippen MR) is 87.3 cm³/mol. The molecule has 2 rings (SSSR count). The summed E-state index contributed by atoms with van der Waals surface area (Å²) in [4.78, 5) is 12.1. The van der Waals surface area contributed by atoms with Crippen molar-refractivity contribution in [3.63, 3.8) is 0 Å². The van der Waals surface area contributed by atoms with Crippen molar-refractivity contribution in [3.05, 3.63) is 51.2 Å². The van der Waals surface area contributed by atoms with Gasteiger partial charge in [-0.1, -0.05) is 17.2 Å². The summed E-state index contributed by atoms with van der Waals surface area (Å²) < 4.78 is 7.68. The van der Waals surface area contributed by atoms with Crippen LogP contribution in [-0.4, -0.2) is 11.2 Å². The monoisotopic (exact) mass is 433 g/mol. The minimum absolute atomic E-state index is 0. The third-order valence-corrected chi connectivity index (χ3v) is 3.55. The van der Waals surface area contributed by atoms with Crippen LogP contribution in [0.1, 0.15) is 13.8 Å². The third-order valence-electron chi connectivity index (χ3n) is 2.99. The Balaban J connectivity index is 0.00000242. The van der Waals surface area contributed by atoms with Gasteiger partial charge < -0.3 is 9.30 Å². The maximum atomic E-state index is 12.1. The first kappa shape index (κ1) is 19.2. The summed E-state index contributed by atoms with van der Waals surface area (Å²) >= 11 is 3.24. The van der Waals surface area contributed by atoms with Gasteiger partial charge in [-0.25, -0.2) is 0 Å². The van der Waals surface area contributed by atoms with Crippen molar-refractivity contribution in [1.29, 1.82) is 0 Å². The molecule has 2 aromatic rings. The smallest absolute Gasteiger partial charge is 0.208 e. The fourth-order valence-electron chi connectivity index (χ4n) is 1.94. The van der Waals surface area contributed by atoms with Crippen molar-refractivity contribution in [2.45, 2.75) is 20.4 Å². The Bertz CT molecular complexity index is 742. The summed E-state index contributed by atoms with van der Waals surface area (Å²) in [5.41, 5.74) is 1.64. The second-order valence-corrected chi connectivity index (χ2v) is 5.13. The second kappa shape index (κ2) is 9.30.